The number of rotatable bonds is 4. The summed E-state index contributed by atoms with van der Waals surface area (Å²) in [5, 5.41) is 13.2. The second kappa shape index (κ2) is 5.89. The number of carbonyl (C=O) groups excluding carboxylic acids is 1. The highest BCUT2D eigenvalue weighted by atomic mass is 19.1. The van der Waals surface area contributed by atoms with Gasteiger partial charge in [0, 0.05) is 23.6 Å². The number of hydrogen-bond acceptors (Lipinski definition) is 2. The molecule has 3 aromatic rings. The first-order chi connectivity index (χ1) is 10.6. The first kappa shape index (κ1) is 14.1. The van der Waals surface area contributed by atoms with Crippen LogP contribution in [0.4, 0.5) is 4.39 Å². The van der Waals surface area contributed by atoms with E-state index in [-0.39, 0.29) is 23.0 Å². The van der Waals surface area contributed by atoms with Gasteiger partial charge in [-0.25, -0.2) is 4.39 Å². The molecule has 0 unspecified atom stereocenters. The third kappa shape index (κ3) is 2.79. The molecular formula is C17H15FN2O2. The summed E-state index contributed by atoms with van der Waals surface area (Å²) >= 11 is 0. The molecule has 0 radical (unpaired) electrons. The Kier molecular flexibility index (Phi) is 3.78. The number of nitrogens with one attached hydrogen (secondary N) is 2. The lowest BCUT2D eigenvalue weighted by molar-refractivity contribution is 0.0951. The van der Waals surface area contributed by atoms with Crippen LogP contribution >= 0.6 is 0 Å². The van der Waals surface area contributed by atoms with E-state index in [9.17, 15) is 14.3 Å². The van der Waals surface area contributed by atoms with Crippen molar-refractivity contribution >= 4 is 16.8 Å². The van der Waals surface area contributed by atoms with E-state index in [1.54, 1.807) is 24.3 Å². The Bertz CT molecular complexity index is 826. The molecule has 5 heteroatoms. The van der Waals surface area contributed by atoms with Crippen LogP contribution in [0.5, 0.6) is 5.75 Å². The first-order valence-corrected chi connectivity index (χ1v) is 6.97. The molecule has 0 aliphatic rings. The van der Waals surface area contributed by atoms with Crippen molar-refractivity contribution in [3.05, 3.63) is 65.6 Å². The monoisotopic (exact) mass is 298 g/mol. The molecule has 0 fully saturated rings. The number of benzene rings is 2. The lowest BCUT2D eigenvalue weighted by Gasteiger charge is -2.06. The van der Waals surface area contributed by atoms with Crippen LogP contribution in [-0.4, -0.2) is 22.5 Å². The molecule has 1 heterocycles. The molecule has 0 atom stereocenters. The van der Waals surface area contributed by atoms with Gasteiger partial charge >= 0.3 is 0 Å². The van der Waals surface area contributed by atoms with Crippen LogP contribution in [0.1, 0.15) is 15.9 Å². The highest BCUT2D eigenvalue weighted by Gasteiger charge is 2.10. The highest BCUT2D eigenvalue weighted by molar-refractivity contribution is 5.96. The van der Waals surface area contributed by atoms with Gasteiger partial charge in [-0.3, -0.25) is 4.79 Å². The van der Waals surface area contributed by atoms with Gasteiger partial charge in [0.25, 0.3) is 5.91 Å². The van der Waals surface area contributed by atoms with Gasteiger partial charge < -0.3 is 15.4 Å². The standard InChI is InChI=1S/C17H15FN2O2/c18-12-5-6-15-14(9-12)11(10-20-15)7-8-19-17(22)13-3-1-2-4-16(13)21/h1-6,9-10,20-21H,7-8H2,(H,19,22). The predicted molar refractivity (Wildman–Crippen MR) is 82.4 cm³/mol. The number of aromatic nitrogens is 1. The maximum absolute atomic E-state index is 13.3. The molecule has 0 spiro atoms. The van der Waals surface area contributed by atoms with E-state index in [1.807, 2.05) is 6.20 Å². The Hall–Kier alpha value is -2.82. The zero-order valence-corrected chi connectivity index (χ0v) is 11.8. The fourth-order valence-electron chi connectivity index (χ4n) is 2.43. The summed E-state index contributed by atoms with van der Waals surface area (Å²) in [5.74, 6) is -0.662. The molecule has 1 aromatic heterocycles. The van der Waals surface area contributed by atoms with Crippen molar-refractivity contribution in [2.24, 2.45) is 0 Å². The SMILES string of the molecule is O=C(NCCc1c[nH]c2ccc(F)cc12)c1ccccc1O. The number of phenolic OH excluding ortho intramolecular Hbond substituents is 1. The summed E-state index contributed by atoms with van der Waals surface area (Å²) in [6.45, 7) is 0.399. The molecule has 22 heavy (non-hydrogen) atoms. The van der Waals surface area contributed by atoms with Gasteiger partial charge in [0.2, 0.25) is 0 Å². The van der Waals surface area contributed by atoms with Gasteiger partial charge in [0.05, 0.1) is 5.56 Å². The molecule has 2 aromatic carbocycles. The number of carbonyl (C=O) groups is 1. The number of halogens is 1. The maximum atomic E-state index is 13.3. The molecule has 0 saturated carbocycles. The van der Waals surface area contributed by atoms with Crippen LogP contribution < -0.4 is 5.32 Å². The topological polar surface area (TPSA) is 65.1 Å². The number of hydrogen-bond donors (Lipinski definition) is 3. The summed E-state index contributed by atoms with van der Waals surface area (Å²) in [6, 6.07) is 11.0. The molecule has 1 amide bonds. The molecule has 0 bridgehead atoms. The number of amides is 1. The van der Waals surface area contributed by atoms with Crippen molar-refractivity contribution in [2.75, 3.05) is 6.54 Å². The number of H-pyrrole nitrogens is 1. The minimum atomic E-state index is -0.330. The zero-order chi connectivity index (χ0) is 15.5. The van der Waals surface area contributed by atoms with Gasteiger partial charge in [-0.2, -0.15) is 0 Å². The second-order valence-electron chi connectivity index (χ2n) is 5.03. The summed E-state index contributed by atoms with van der Waals surface area (Å²) < 4.78 is 13.3. The van der Waals surface area contributed by atoms with Crippen LogP contribution in [0.15, 0.2) is 48.7 Å². The van der Waals surface area contributed by atoms with Crippen LogP contribution in [-0.2, 0) is 6.42 Å². The van der Waals surface area contributed by atoms with Crippen LogP contribution in [0, 0.1) is 5.82 Å². The van der Waals surface area contributed by atoms with Crippen molar-refractivity contribution < 1.29 is 14.3 Å². The Morgan fingerprint density at radius 2 is 2.05 bits per heavy atom. The van der Waals surface area contributed by atoms with Gasteiger partial charge in [-0.15, -0.1) is 0 Å². The molecule has 3 N–H and O–H groups in total. The smallest absolute Gasteiger partial charge is 0.255 e. The van der Waals surface area contributed by atoms with E-state index in [2.05, 4.69) is 10.3 Å². The van der Waals surface area contributed by atoms with Crippen molar-refractivity contribution in [1.82, 2.24) is 10.3 Å². The van der Waals surface area contributed by atoms with Crippen LogP contribution in [0.3, 0.4) is 0 Å². The number of para-hydroxylation sites is 1. The summed E-state index contributed by atoms with van der Waals surface area (Å²) in [6.07, 6.45) is 2.39. The van der Waals surface area contributed by atoms with E-state index < -0.39 is 0 Å². The Morgan fingerprint density at radius 3 is 2.86 bits per heavy atom. The number of phenols is 1. The summed E-state index contributed by atoms with van der Waals surface area (Å²) in [5.41, 5.74) is 2.04. The molecule has 0 aliphatic heterocycles. The highest BCUT2D eigenvalue weighted by Crippen LogP contribution is 2.20. The molecule has 4 nitrogen and oxygen atoms in total. The van der Waals surface area contributed by atoms with E-state index in [1.165, 1.54) is 18.2 Å². The maximum Gasteiger partial charge on any atom is 0.255 e. The van der Waals surface area contributed by atoms with Crippen molar-refractivity contribution in [3.8, 4) is 5.75 Å². The third-order valence-electron chi connectivity index (χ3n) is 3.56. The molecule has 112 valence electrons. The van der Waals surface area contributed by atoms with Crippen LogP contribution in [0.2, 0.25) is 0 Å². The van der Waals surface area contributed by atoms with E-state index in [0.717, 1.165) is 16.5 Å². The van der Waals surface area contributed by atoms with Gasteiger partial charge in [-0.1, -0.05) is 12.1 Å². The van der Waals surface area contributed by atoms with E-state index >= 15 is 0 Å². The third-order valence-corrected chi connectivity index (χ3v) is 3.56. The first-order valence-electron chi connectivity index (χ1n) is 6.97. The molecule has 0 saturated heterocycles. The van der Waals surface area contributed by atoms with Crippen molar-refractivity contribution in [2.45, 2.75) is 6.42 Å². The number of aromatic hydroxyl groups is 1. The average molecular weight is 298 g/mol. The van der Waals surface area contributed by atoms with Gasteiger partial charge in [0.15, 0.2) is 0 Å². The Morgan fingerprint density at radius 1 is 1.23 bits per heavy atom. The summed E-state index contributed by atoms with van der Waals surface area (Å²) in [7, 11) is 0. The van der Waals surface area contributed by atoms with Crippen LogP contribution in [0.25, 0.3) is 10.9 Å². The minimum Gasteiger partial charge on any atom is -0.507 e. The molecule has 3 rings (SSSR count). The summed E-state index contributed by atoms with van der Waals surface area (Å²) in [4.78, 5) is 15.0. The minimum absolute atomic E-state index is 0.0471. The van der Waals surface area contributed by atoms with Gasteiger partial charge in [0.1, 0.15) is 11.6 Å². The normalized spacial score (nSPS) is 10.8. The molecular weight excluding hydrogens is 283 g/mol. The zero-order valence-electron chi connectivity index (χ0n) is 11.8. The number of aromatic amines is 1. The predicted octanol–water partition coefficient (Wildman–Crippen LogP) is 2.99. The lowest BCUT2D eigenvalue weighted by Crippen LogP contribution is -2.25. The van der Waals surface area contributed by atoms with E-state index in [0.29, 0.717) is 13.0 Å². The Labute approximate surface area is 126 Å². The fraction of sp³-hybridized carbons (Fsp3) is 0.118. The number of fused-ring (bicyclic) bond motifs is 1. The largest absolute Gasteiger partial charge is 0.507 e. The lowest BCUT2D eigenvalue weighted by atomic mass is 10.1. The van der Waals surface area contributed by atoms with Gasteiger partial charge in [-0.05, 0) is 42.3 Å². The van der Waals surface area contributed by atoms with Crippen molar-refractivity contribution in [3.63, 3.8) is 0 Å². The fourth-order valence-corrected chi connectivity index (χ4v) is 2.43. The average Bonchev–Trinajstić information content (AvgIpc) is 2.90. The van der Waals surface area contributed by atoms with E-state index in [4.69, 9.17) is 0 Å². The molecule has 0 aliphatic carbocycles. The quantitative estimate of drug-likeness (QED) is 0.693. The Balaban J connectivity index is 1.66. The van der Waals surface area contributed by atoms with Crippen molar-refractivity contribution in [1.29, 1.82) is 0 Å². The second-order valence-corrected chi connectivity index (χ2v) is 5.03.